The molecule has 0 aliphatic heterocycles. The number of ether oxygens (including phenoxy) is 2. The summed E-state index contributed by atoms with van der Waals surface area (Å²) in [6.45, 7) is 0. The molecule has 0 N–H and O–H groups in total. The average molecular weight is 338 g/mol. The molecule has 0 heterocycles. The van der Waals surface area contributed by atoms with E-state index in [1.807, 2.05) is 84.9 Å². The van der Waals surface area contributed by atoms with Crippen LogP contribution >= 0.6 is 0 Å². The molecular weight excluding hydrogens is 320 g/mol. The first-order valence-corrected chi connectivity index (χ1v) is 8.53. The number of benzene rings is 4. The standard InChI is InChI=1S/C24H18O2/c1-3-8-19(9-4-1)20-14-16-22(17-15-20)26-24-13-7-12-23(18-24)25-21-10-5-2-6-11-21/h1-18H. The van der Waals surface area contributed by atoms with Gasteiger partial charge in [0.15, 0.2) is 0 Å². The molecular formula is C24H18O2. The molecule has 0 saturated carbocycles. The molecule has 0 bridgehead atoms. The van der Waals surface area contributed by atoms with Crippen molar-refractivity contribution in [1.29, 1.82) is 0 Å². The Kier molecular flexibility index (Phi) is 4.66. The van der Waals surface area contributed by atoms with Gasteiger partial charge in [0.05, 0.1) is 0 Å². The fraction of sp³-hybridized carbons (Fsp3) is 0. The maximum atomic E-state index is 5.97. The van der Waals surface area contributed by atoms with Gasteiger partial charge in [-0.1, -0.05) is 66.7 Å². The Labute approximate surface area is 153 Å². The van der Waals surface area contributed by atoms with Crippen LogP contribution in [0.3, 0.4) is 0 Å². The van der Waals surface area contributed by atoms with Crippen LogP contribution < -0.4 is 9.47 Å². The third-order valence-electron chi connectivity index (χ3n) is 3.98. The molecule has 0 aromatic heterocycles. The van der Waals surface area contributed by atoms with E-state index in [9.17, 15) is 0 Å². The summed E-state index contributed by atoms with van der Waals surface area (Å²) < 4.78 is 11.8. The van der Waals surface area contributed by atoms with Gasteiger partial charge in [0, 0.05) is 6.07 Å². The molecule has 26 heavy (non-hydrogen) atoms. The summed E-state index contributed by atoms with van der Waals surface area (Å²) >= 11 is 0. The van der Waals surface area contributed by atoms with Crippen LogP contribution in [0.5, 0.6) is 23.0 Å². The van der Waals surface area contributed by atoms with Gasteiger partial charge in [-0.3, -0.25) is 0 Å². The molecule has 4 aromatic carbocycles. The van der Waals surface area contributed by atoms with Crippen LogP contribution in [-0.2, 0) is 0 Å². The van der Waals surface area contributed by atoms with Crippen LogP contribution in [0.25, 0.3) is 11.1 Å². The fourth-order valence-electron chi connectivity index (χ4n) is 2.71. The van der Waals surface area contributed by atoms with Crippen molar-refractivity contribution in [2.75, 3.05) is 0 Å². The first kappa shape index (κ1) is 16.0. The monoisotopic (exact) mass is 338 g/mol. The Morgan fingerprint density at radius 1 is 0.346 bits per heavy atom. The summed E-state index contributed by atoms with van der Waals surface area (Å²) in [7, 11) is 0. The lowest BCUT2D eigenvalue weighted by molar-refractivity contribution is 0.460. The summed E-state index contributed by atoms with van der Waals surface area (Å²) in [6, 6.07) is 35.7. The number of para-hydroxylation sites is 1. The fourth-order valence-corrected chi connectivity index (χ4v) is 2.71. The number of hydrogen-bond acceptors (Lipinski definition) is 2. The first-order valence-electron chi connectivity index (χ1n) is 8.53. The van der Waals surface area contributed by atoms with E-state index in [0.717, 1.165) is 23.0 Å². The van der Waals surface area contributed by atoms with Crippen molar-refractivity contribution in [2.45, 2.75) is 0 Å². The lowest BCUT2D eigenvalue weighted by Gasteiger charge is -2.10. The normalized spacial score (nSPS) is 10.3. The minimum atomic E-state index is 0.742. The van der Waals surface area contributed by atoms with Gasteiger partial charge in [0.1, 0.15) is 23.0 Å². The van der Waals surface area contributed by atoms with Gasteiger partial charge < -0.3 is 9.47 Å². The van der Waals surface area contributed by atoms with Crippen LogP contribution in [0.1, 0.15) is 0 Å². The highest BCUT2D eigenvalue weighted by Gasteiger charge is 2.02. The highest BCUT2D eigenvalue weighted by molar-refractivity contribution is 5.64. The predicted molar refractivity (Wildman–Crippen MR) is 105 cm³/mol. The van der Waals surface area contributed by atoms with Crippen molar-refractivity contribution in [3.63, 3.8) is 0 Å². The Bertz CT molecular complexity index is 962. The zero-order valence-corrected chi connectivity index (χ0v) is 14.2. The van der Waals surface area contributed by atoms with Crippen molar-refractivity contribution >= 4 is 0 Å². The predicted octanol–water partition coefficient (Wildman–Crippen LogP) is 6.94. The van der Waals surface area contributed by atoms with Gasteiger partial charge in [-0.25, -0.2) is 0 Å². The molecule has 0 atom stereocenters. The Hall–Kier alpha value is -3.52. The Morgan fingerprint density at radius 2 is 0.808 bits per heavy atom. The molecule has 0 unspecified atom stereocenters. The molecule has 0 radical (unpaired) electrons. The van der Waals surface area contributed by atoms with Crippen molar-refractivity contribution in [3.8, 4) is 34.1 Å². The van der Waals surface area contributed by atoms with Crippen LogP contribution in [-0.4, -0.2) is 0 Å². The summed E-state index contributed by atoms with van der Waals surface area (Å²) in [4.78, 5) is 0. The highest BCUT2D eigenvalue weighted by Crippen LogP contribution is 2.29. The van der Waals surface area contributed by atoms with E-state index < -0.39 is 0 Å². The summed E-state index contributed by atoms with van der Waals surface area (Å²) in [6.07, 6.45) is 0. The van der Waals surface area contributed by atoms with Crippen LogP contribution in [0.2, 0.25) is 0 Å². The Balaban J connectivity index is 1.48. The van der Waals surface area contributed by atoms with Crippen molar-refractivity contribution in [1.82, 2.24) is 0 Å². The summed E-state index contributed by atoms with van der Waals surface area (Å²) in [5.41, 5.74) is 2.36. The minimum absolute atomic E-state index is 0.742. The topological polar surface area (TPSA) is 18.5 Å². The lowest BCUT2D eigenvalue weighted by Crippen LogP contribution is -1.87. The van der Waals surface area contributed by atoms with Gasteiger partial charge in [0.2, 0.25) is 0 Å². The van der Waals surface area contributed by atoms with Crippen molar-refractivity contribution in [3.05, 3.63) is 109 Å². The second-order valence-electron chi connectivity index (χ2n) is 5.88. The molecule has 0 amide bonds. The SMILES string of the molecule is c1ccc(Oc2cccc(Oc3ccc(-c4ccccc4)cc3)c2)cc1. The second kappa shape index (κ2) is 7.58. The molecule has 4 rings (SSSR count). The maximum Gasteiger partial charge on any atom is 0.131 e. The zero-order chi connectivity index (χ0) is 17.6. The summed E-state index contributed by atoms with van der Waals surface area (Å²) in [5.74, 6) is 3.08. The Morgan fingerprint density at radius 3 is 1.42 bits per heavy atom. The van der Waals surface area contributed by atoms with Crippen LogP contribution in [0, 0.1) is 0 Å². The van der Waals surface area contributed by atoms with E-state index in [4.69, 9.17) is 9.47 Å². The minimum Gasteiger partial charge on any atom is -0.457 e. The molecule has 0 saturated heterocycles. The van der Waals surface area contributed by atoms with Crippen molar-refractivity contribution in [2.24, 2.45) is 0 Å². The van der Waals surface area contributed by atoms with Gasteiger partial charge >= 0.3 is 0 Å². The van der Waals surface area contributed by atoms with Crippen molar-refractivity contribution < 1.29 is 9.47 Å². The zero-order valence-electron chi connectivity index (χ0n) is 14.2. The highest BCUT2D eigenvalue weighted by atomic mass is 16.5. The quantitative estimate of drug-likeness (QED) is 0.392. The lowest BCUT2D eigenvalue weighted by atomic mass is 10.1. The van der Waals surface area contributed by atoms with E-state index in [0.29, 0.717) is 0 Å². The molecule has 0 aliphatic rings. The van der Waals surface area contributed by atoms with E-state index in [1.165, 1.54) is 11.1 Å². The van der Waals surface area contributed by atoms with E-state index in [-0.39, 0.29) is 0 Å². The molecule has 0 spiro atoms. The smallest absolute Gasteiger partial charge is 0.131 e. The van der Waals surface area contributed by atoms with Gasteiger partial charge in [-0.15, -0.1) is 0 Å². The second-order valence-corrected chi connectivity index (χ2v) is 5.88. The van der Waals surface area contributed by atoms with Crippen LogP contribution in [0.15, 0.2) is 109 Å². The first-order chi connectivity index (χ1) is 12.9. The van der Waals surface area contributed by atoms with Gasteiger partial charge in [0.25, 0.3) is 0 Å². The third kappa shape index (κ3) is 3.93. The van der Waals surface area contributed by atoms with Crippen LogP contribution in [0.4, 0.5) is 0 Å². The van der Waals surface area contributed by atoms with E-state index in [2.05, 4.69) is 24.3 Å². The number of rotatable bonds is 5. The molecule has 2 nitrogen and oxygen atoms in total. The maximum absolute atomic E-state index is 5.97. The third-order valence-corrected chi connectivity index (χ3v) is 3.98. The molecule has 126 valence electrons. The summed E-state index contributed by atoms with van der Waals surface area (Å²) in [5, 5.41) is 0. The van der Waals surface area contributed by atoms with E-state index in [1.54, 1.807) is 0 Å². The average Bonchev–Trinajstić information content (AvgIpc) is 2.70. The molecule has 0 aliphatic carbocycles. The van der Waals surface area contributed by atoms with E-state index >= 15 is 0 Å². The molecule has 4 aromatic rings. The molecule has 2 heteroatoms. The van der Waals surface area contributed by atoms with Gasteiger partial charge in [-0.2, -0.15) is 0 Å². The molecule has 0 fully saturated rings. The largest absolute Gasteiger partial charge is 0.457 e. The van der Waals surface area contributed by atoms with Gasteiger partial charge in [-0.05, 0) is 47.5 Å². The number of hydrogen-bond donors (Lipinski definition) is 0.